The molecule has 1 N–H and O–H groups in total. The van der Waals surface area contributed by atoms with Gasteiger partial charge in [-0.15, -0.1) is 22.7 Å². The lowest BCUT2D eigenvalue weighted by Gasteiger charge is -2.14. The first kappa shape index (κ1) is 14.5. The Kier molecular flexibility index (Phi) is 5.39. The average molecular weight is 315 g/mol. The number of carbonyl (C=O) groups excluding carboxylic acids is 1. The summed E-state index contributed by atoms with van der Waals surface area (Å²) in [5.74, 6) is 0.0403. The highest BCUT2D eigenvalue weighted by Crippen LogP contribution is 2.22. The van der Waals surface area contributed by atoms with Gasteiger partial charge in [-0.3, -0.25) is 9.69 Å². The Hall–Kier alpha value is -0.880. The molecule has 0 fully saturated rings. The lowest BCUT2D eigenvalue weighted by molar-refractivity contribution is -0.122. The fraction of sp³-hybridized carbons (Fsp3) is 0.308. The van der Waals surface area contributed by atoms with Crippen LogP contribution < -0.4 is 5.32 Å². The first-order valence-corrected chi connectivity index (χ1v) is 7.93. The summed E-state index contributed by atoms with van der Waals surface area (Å²) in [5, 5.41) is 4.92. The number of nitrogens with one attached hydrogen (secondary N) is 1. The normalized spacial score (nSPS) is 10.9. The zero-order valence-corrected chi connectivity index (χ0v) is 12.9. The molecule has 6 heteroatoms. The van der Waals surface area contributed by atoms with E-state index >= 15 is 0 Å². The van der Waals surface area contributed by atoms with Crippen molar-refractivity contribution in [2.75, 3.05) is 13.6 Å². The summed E-state index contributed by atoms with van der Waals surface area (Å²) in [5.41, 5.74) is 0. The molecule has 2 aromatic heterocycles. The summed E-state index contributed by atoms with van der Waals surface area (Å²) < 4.78 is 0.783. The van der Waals surface area contributed by atoms with Crippen LogP contribution in [0.2, 0.25) is 4.34 Å². The van der Waals surface area contributed by atoms with Crippen LogP contribution in [-0.2, 0) is 17.9 Å². The molecule has 0 aliphatic carbocycles. The molecular formula is C13H15ClN2OS2. The van der Waals surface area contributed by atoms with E-state index in [2.05, 4.69) is 5.32 Å². The number of nitrogens with zero attached hydrogens (tertiary/aromatic N) is 1. The van der Waals surface area contributed by atoms with E-state index in [9.17, 15) is 4.79 Å². The molecule has 0 unspecified atom stereocenters. The first-order chi connectivity index (χ1) is 9.13. The maximum absolute atomic E-state index is 11.8. The number of amides is 1. The van der Waals surface area contributed by atoms with Crippen LogP contribution in [0.4, 0.5) is 0 Å². The fourth-order valence-corrected chi connectivity index (χ4v) is 3.47. The van der Waals surface area contributed by atoms with Crippen molar-refractivity contribution in [1.29, 1.82) is 0 Å². The van der Waals surface area contributed by atoms with Crippen molar-refractivity contribution < 1.29 is 4.79 Å². The summed E-state index contributed by atoms with van der Waals surface area (Å²) in [4.78, 5) is 16.1. The summed E-state index contributed by atoms with van der Waals surface area (Å²) in [7, 11) is 1.93. The molecule has 2 rings (SSSR count). The lowest BCUT2D eigenvalue weighted by Crippen LogP contribution is -2.34. The van der Waals surface area contributed by atoms with Crippen LogP contribution in [-0.4, -0.2) is 24.4 Å². The predicted molar refractivity (Wildman–Crippen MR) is 81.8 cm³/mol. The molecule has 0 spiro atoms. The maximum atomic E-state index is 11.8. The van der Waals surface area contributed by atoms with Crippen molar-refractivity contribution in [1.82, 2.24) is 10.2 Å². The molecule has 0 atom stereocenters. The number of thiophene rings is 2. The van der Waals surface area contributed by atoms with Gasteiger partial charge in [0, 0.05) is 16.3 Å². The van der Waals surface area contributed by atoms with Gasteiger partial charge >= 0.3 is 0 Å². The lowest BCUT2D eigenvalue weighted by atomic mass is 10.4. The SMILES string of the molecule is CN(CC(=O)NCc1cccs1)Cc1ccc(Cl)s1. The largest absolute Gasteiger partial charge is 0.350 e. The second-order valence-electron chi connectivity index (χ2n) is 4.23. The van der Waals surface area contributed by atoms with Gasteiger partial charge in [0.15, 0.2) is 0 Å². The molecule has 0 saturated carbocycles. The van der Waals surface area contributed by atoms with Gasteiger partial charge in [0.05, 0.1) is 17.4 Å². The summed E-state index contributed by atoms with van der Waals surface area (Å²) >= 11 is 9.07. The van der Waals surface area contributed by atoms with Crippen LogP contribution >= 0.6 is 34.3 Å². The van der Waals surface area contributed by atoms with Gasteiger partial charge in [0.1, 0.15) is 0 Å². The average Bonchev–Trinajstić information content (AvgIpc) is 2.98. The van der Waals surface area contributed by atoms with E-state index in [1.54, 1.807) is 22.7 Å². The molecule has 0 bridgehead atoms. The Morgan fingerprint density at radius 1 is 1.37 bits per heavy atom. The van der Waals surface area contributed by atoms with E-state index in [0.29, 0.717) is 13.1 Å². The van der Waals surface area contributed by atoms with Crippen LogP contribution in [0.1, 0.15) is 9.75 Å². The fourth-order valence-electron chi connectivity index (χ4n) is 1.66. The molecule has 3 nitrogen and oxygen atoms in total. The standard InChI is InChI=1S/C13H15ClN2OS2/c1-16(8-11-4-5-12(14)19-11)9-13(17)15-7-10-3-2-6-18-10/h2-6H,7-9H2,1H3,(H,15,17). The maximum Gasteiger partial charge on any atom is 0.234 e. The van der Waals surface area contributed by atoms with Crippen LogP contribution in [0, 0.1) is 0 Å². The van der Waals surface area contributed by atoms with Crippen molar-refractivity contribution in [3.05, 3.63) is 43.7 Å². The van der Waals surface area contributed by atoms with Gasteiger partial charge in [0.2, 0.25) is 5.91 Å². The molecule has 102 valence electrons. The van der Waals surface area contributed by atoms with E-state index in [1.165, 1.54) is 9.75 Å². The van der Waals surface area contributed by atoms with E-state index in [4.69, 9.17) is 11.6 Å². The molecule has 0 saturated heterocycles. The summed E-state index contributed by atoms with van der Waals surface area (Å²) in [6, 6.07) is 7.88. The highest BCUT2D eigenvalue weighted by atomic mass is 35.5. The van der Waals surface area contributed by atoms with Crippen LogP contribution in [0.15, 0.2) is 29.6 Å². The topological polar surface area (TPSA) is 32.3 Å². The van der Waals surface area contributed by atoms with Crippen molar-refractivity contribution in [2.24, 2.45) is 0 Å². The third kappa shape index (κ3) is 4.95. The highest BCUT2D eigenvalue weighted by Gasteiger charge is 2.08. The Morgan fingerprint density at radius 2 is 2.21 bits per heavy atom. The molecular weight excluding hydrogens is 300 g/mol. The molecule has 0 radical (unpaired) electrons. The molecule has 0 aliphatic rings. The van der Waals surface area contributed by atoms with Gasteiger partial charge in [-0.1, -0.05) is 17.7 Å². The third-order valence-corrected chi connectivity index (χ3v) is 4.60. The first-order valence-electron chi connectivity index (χ1n) is 5.85. The van der Waals surface area contributed by atoms with Gasteiger partial charge in [-0.2, -0.15) is 0 Å². The number of hydrogen-bond donors (Lipinski definition) is 1. The van der Waals surface area contributed by atoms with Crippen molar-refractivity contribution in [3.8, 4) is 0 Å². The smallest absolute Gasteiger partial charge is 0.234 e. The minimum atomic E-state index is 0.0403. The van der Waals surface area contributed by atoms with E-state index in [0.717, 1.165) is 10.9 Å². The Balaban J connectivity index is 1.72. The summed E-state index contributed by atoms with van der Waals surface area (Å²) in [6.45, 7) is 1.74. The van der Waals surface area contributed by atoms with Crippen molar-refractivity contribution >= 4 is 40.2 Å². The van der Waals surface area contributed by atoms with E-state index in [1.807, 2.05) is 41.6 Å². The third-order valence-electron chi connectivity index (χ3n) is 2.51. The molecule has 2 heterocycles. The monoisotopic (exact) mass is 314 g/mol. The molecule has 0 aromatic carbocycles. The number of carbonyl (C=O) groups is 1. The minimum Gasteiger partial charge on any atom is -0.350 e. The van der Waals surface area contributed by atoms with Crippen molar-refractivity contribution in [2.45, 2.75) is 13.1 Å². The second kappa shape index (κ2) is 7.05. The number of likely N-dealkylation sites (N-methyl/N-ethyl adjacent to an activating group) is 1. The Morgan fingerprint density at radius 3 is 2.84 bits per heavy atom. The van der Waals surface area contributed by atoms with Gasteiger partial charge in [0.25, 0.3) is 0 Å². The number of halogens is 1. The van der Waals surface area contributed by atoms with Crippen LogP contribution in [0.3, 0.4) is 0 Å². The zero-order chi connectivity index (χ0) is 13.7. The quantitative estimate of drug-likeness (QED) is 0.888. The van der Waals surface area contributed by atoms with E-state index in [-0.39, 0.29) is 5.91 Å². The van der Waals surface area contributed by atoms with Crippen LogP contribution in [0.25, 0.3) is 0 Å². The molecule has 2 aromatic rings. The number of hydrogen-bond acceptors (Lipinski definition) is 4. The minimum absolute atomic E-state index is 0.0403. The van der Waals surface area contributed by atoms with Gasteiger partial charge in [-0.05, 0) is 30.6 Å². The zero-order valence-electron chi connectivity index (χ0n) is 10.6. The van der Waals surface area contributed by atoms with Crippen molar-refractivity contribution in [3.63, 3.8) is 0 Å². The van der Waals surface area contributed by atoms with E-state index < -0.39 is 0 Å². The summed E-state index contributed by atoms with van der Waals surface area (Å²) in [6.07, 6.45) is 0. The van der Waals surface area contributed by atoms with Gasteiger partial charge < -0.3 is 5.32 Å². The highest BCUT2D eigenvalue weighted by molar-refractivity contribution is 7.16. The molecule has 19 heavy (non-hydrogen) atoms. The van der Waals surface area contributed by atoms with Gasteiger partial charge in [-0.25, -0.2) is 0 Å². The van der Waals surface area contributed by atoms with Crippen LogP contribution in [0.5, 0.6) is 0 Å². The second-order valence-corrected chi connectivity index (χ2v) is 7.07. The predicted octanol–water partition coefficient (Wildman–Crippen LogP) is 3.21. The Bertz CT molecular complexity index is 524. The molecule has 1 amide bonds. The Labute approximate surface area is 125 Å². The number of rotatable bonds is 6. The molecule has 0 aliphatic heterocycles.